The fourth-order valence-corrected chi connectivity index (χ4v) is 8.04. The Bertz CT molecular complexity index is 3150. The van der Waals surface area contributed by atoms with Crippen molar-refractivity contribution in [1.82, 2.24) is 45.0 Å². The van der Waals surface area contributed by atoms with Gasteiger partial charge < -0.3 is 34.5 Å². The maximum atomic E-state index is 13.4. The van der Waals surface area contributed by atoms with E-state index in [0.717, 1.165) is 56.1 Å². The number of aromatic nitrogens is 7. The lowest BCUT2D eigenvalue weighted by molar-refractivity contribution is -0.124. The minimum Gasteiger partial charge on any atom is -0.350 e. The van der Waals surface area contributed by atoms with E-state index in [-0.39, 0.29) is 18.0 Å². The summed E-state index contributed by atoms with van der Waals surface area (Å²) in [6.07, 6.45) is 2.23. The summed E-state index contributed by atoms with van der Waals surface area (Å²) < 4.78 is 27.7. The molecule has 0 radical (unpaired) electrons. The lowest BCUT2D eigenvalue weighted by atomic mass is 10.1. The maximum absolute atomic E-state index is 13.4. The predicted octanol–water partition coefficient (Wildman–Crippen LogP) is 8.86. The number of carbonyl (C=O) groups is 2. The number of aryl methyl sites for hydroxylation is 2. The van der Waals surface area contributed by atoms with Crippen molar-refractivity contribution in [2.45, 2.75) is 45.3 Å². The first-order valence-electron chi connectivity index (χ1n) is 19.8. The Morgan fingerprint density at radius 2 is 1.25 bits per heavy atom. The molecule has 63 heavy (non-hydrogen) atoms. The van der Waals surface area contributed by atoms with Crippen LogP contribution >= 0.6 is 23.2 Å². The van der Waals surface area contributed by atoms with Crippen molar-refractivity contribution in [3.8, 4) is 34.4 Å². The number of halogens is 3. The van der Waals surface area contributed by atoms with Crippen LogP contribution in [-0.2, 0) is 17.9 Å². The molecule has 4 N–H and O–H groups in total. The molecule has 1 fully saturated rings. The van der Waals surface area contributed by atoms with E-state index in [0.29, 0.717) is 58.6 Å². The van der Waals surface area contributed by atoms with E-state index in [2.05, 4.69) is 35.9 Å². The SMILES string of the molecule is Cc1nc(-c2c(Cl)c3ccccc3n2-c2ccc(CN)cc2)no1.Cc1nc(-c2c(Cl)c3ccccc3n2-c2ccc(CNC(=O)C3(NC(=O)c4ccnc(F)c4)CC3)cc2)no1. The molecule has 1 saturated carbocycles. The molecule has 1 aliphatic carbocycles. The summed E-state index contributed by atoms with van der Waals surface area (Å²) in [7, 11) is 0. The quantitative estimate of drug-likeness (QED) is 0.112. The van der Waals surface area contributed by atoms with E-state index in [1.54, 1.807) is 13.8 Å². The second kappa shape index (κ2) is 16.9. The van der Waals surface area contributed by atoms with Crippen LogP contribution in [0.5, 0.6) is 0 Å². The Balaban J connectivity index is 0.000000179. The molecule has 9 aromatic rings. The third-order valence-corrected chi connectivity index (χ3v) is 11.5. The summed E-state index contributed by atoms with van der Waals surface area (Å²) in [5.74, 6) is 0.229. The first kappa shape index (κ1) is 41.2. The molecule has 10 rings (SSSR count). The van der Waals surface area contributed by atoms with Gasteiger partial charge in [-0.15, -0.1) is 0 Å². The molecule has 0 unspecified atom stereocenters. The van der Waals surface area contributed by atoms with Gasteiger partial charge in [0, 0.05) is 66.9 Å². The van der Waals surface area contributed by atoms with Crippen LogP contribution in [0.1, 0.15) is 46.1 Å². The van der Waals surface area contributed by atoms with Crippen molar-refractivity contribution in [2.75, 3.05) is 0 Å². The third kappa shape index (κ3) is 8.05. The van der Waals surface area contributed by atoms with E-state index in [4.69, 9.17) is 38.0 Å². The molecule has 2 amide bonds. The van der Waals surface area contributed by atoms with Crippen LogP contribution < -0.4 is 16.4 Å². The summed E-state index contributed by atoms with van der Waals surface area (Å²) in [5, 5.41) is 16.7. The van der Waals surface area contributed by atoms with Crippen LogP contribution in [-0.4, -0.2) is 51.8 Å². The van der Waals surface area contributed by atoms with Gasteiger partial charge in [0.25, 0.3) is 5.91 Å². The molecule has 0 aliphatic heterocycles. The molecule has 0 atom stereocenters. The van der Waals surface area contributed by atoms with Gasteiger partial charge in [-0.05, 0) is 66.4 Å². The first-order chi connectivity index (χ1) is 30.5. The highest BCUT2D eigenvalue weighted by Gasteiger charge is 2.51. The number of benzene rings is 4. The maximum Gasteiger partial charge on any atom is 0.252 e. The van der Waals surface area contributed by atoms with E-state index >= 15 is 0 Å². The second-order valence-corrected chi connectivity index (χ2v) is 15.7. The van der Waals surface area contributed by atoms with Crippen molar-refractivity contribution in [3.63, 3.8) is 0 Å². The van der Waals surface area contributed by atoms with Crippen LogP contribution in [0.15, 0.2) is 124 Å². The van der Waals surface area contributed by atoms with E-state index in [9.17, 15) is 14.0 Å². The van der Waals surface area contributed by atoms with Gasteiger partial charge in [0.15, 0.2) is 0 Å². The summed E-state index contributed by atoms with van der Waals surface area (Å²) in [5.41, 5.74) is 11.8. The van der Waals surface area contributed by atoms with Crippen LogP contribution in [0, 0.1) is 19.8 Å². The number of hydrogen-bond acceptors (Lipinski definition) is 10. The number of para-hydroxylation sites is 2. The lowest BCUT2D eigenvalue weighted by Gasteiger charge is -2.17. The molecule has 4 aromatic carbocycles. The second-order valence-electron chi connectivity index (χ2n) is 14.9. The van der Waals surface area contributed by atoms with Gasteiger partial charge in [0.1, 0.15) is 16.9 Å². The highest BCUT2D eigenvalue weighted by molar-refractivity contribution is 6.39. The van der Waals surface area contributed by atoms with Gasteiger partial charge in [-0.3, -0.25) is 9.59 Å². The largest absolute Gasteiger partial charge is 0.350 e. The molecule has 0 bridgehead atoms. The van der Waals surface area contributed by atoms with Gasteiger partial charge in [0.2, 0.25) is 35.3 Å². The van der Waals surface area contributed by atoms with E-state index < -0.39 is 17.4 Å². The van der Waals surface area contributed by atoms with E-state index in [1.165, 1.54) is 12.3 Å². The van der Waals surface area contributed by atoms with Crippen molar-refractivity contribution < 1.29 is 23.0 Å². The summed E-state index contributed by atoms with van der Waals surface area (Å²) in [6.45, 7) is 4.25. The molecular formula is C46H37Cl2FN10O4. The summed E-state index contributed by atoms with van der Waals surface area (Å²) >= 11 is 13.4. The molecular weight excluding hydrogens is 846 g/mol. The fraction of sp³-hybridized carbons (Fsp3) is 0.152. The highest BCUT2D eigenvalue weighted by atomic mass is 35.5. The zero-order chi connectivity index (χ0) is 43.8. The Morgan fingerprint density at radius 1 is 0.746 bits per heavy atom. The molecule has 17 heteroatoms. The summed E-state index contributed by atoms with van der Waals surface area (Å²) in [4.78, 5) is 37.6. The van der Waals surface area contributed by atoms with Gasteiger partial charge in [-0.25, -0.2) is 4.98 Å². The number of hydrogen-bond donors (Lipinski definition) is 3. The number of rotatable bonds is 10. The number of nitrogens with one attached hydrogen (secondary N) is 2. The van der Waals surface area contributed by atoms with Gasteiger partial charge in [0.05, 0.1) is 21.1 Å². The standard InChI is InChI=1S/C28H22ClFN6O3.C18H15ClN4O/c1-16-33-25(35-39-16)24-23(29)20-4-2-3-5-21(20)36(24)19-8-6-17(7-9-19)15-32-27(38)28(11-12-28)34-26(37)18-10-13-31-22(30)14-18;1-11-21-18(22-24-11)17-16(19)14-4-2-3-5-15(14)23(17)13-8-6-12(10-20)7-9-13/h2-10,13-14H,11-12,15H2,1H3,(H,32,38)(H,34,37);2-9H,10,20H2,1H3. The zero-order valence-electron chi connectivity index (χ0n) is 33.8. The van der Waals surface area contributed by atoms with Crippen LogP contribution in [0.2, 0.25) is 10.0 Å². The number of carbonyl (C=O) groups excluding carboxylic acids is 2. The van der Waals surface area contributed by atoms with Gasteiger partial charge in [-0.1, -0.05) is 94.2 Å². The number of amides is 2. The predicted molar refractivity (Wildman–Crippen MR) is 236 cm³/mol. The molecule has 1 aliphatic rings. The van der Waals surface area contributed by atoms with Crippen LogP contribution in [0.3, 0.4) is 0 Å². The van der Waals surface area contributed by atoms with Gasteiger partial charge in [-0.2, -0.15) is 14.4 Å². The molecule has 14 nitrogen and oxygen atoms in total. The van der Waals surface area contributed by atoms with Crippen molar-refractivity contribution in [3.05, 3.63) is 160 Å². The number of pyridine rings is 1. The normalized spacial score (nSPS) is 12.9. The average Bonchev–Trinajstić information content (AvgIpc) is 3.51. The van der Waals surface area contributed by atoms with Crippen LogP contribution in [0.4, 0.5) is 4.39 Å². The Hall–Kier alpha value is -7.20. The Morgan fingerprint density at radius 3 is 1.71 bits per heavy atom. The van der Waals surface area contributed by atoms with Crippen molar-refractivity contribution in [1.29, 1.82) is 0 Å². The lowest BCUT2D eigenvalue weighted by Crippen LogP contribution is -2.48. The molecule has 316 valence electrons. The van der Waals surface area contributed by atoms with E-state index in [1.807, 2.05) is 106 Å². The zero-order valence-corrected chi connectivity index (χ0v) is 35.3. The average molecular weight is 884 g/mol. The van der Waals surface area contributed by atoms with Crippen molar-refractivity contribution >= 4 is 56.8 Å². The van der Waals surface area contributed by atoms with Crippen LogP contribution in [0.25, 0.3) is 56.2 Å². The first-order valence-corrected chi connectivity index (χ1v) is 20.6. The number of nitrogens with zero attached hydrogens (tertiary/aromatic N) is 7. The highest BCUT2D eigenvalue weighted by Crippen LogP contribution is 2.40. The Labute approximate surface area is 368 Å². The molecule has 5 heterocycles. The number of nitrogens with two attached hydrogens (primary N) is 1. The molecule has 0 saturated heterocycles. The summed E-state index contributed by atoms with van der Waals surface area (Å²) in [6, 6.07) is 33.8. The third-order valence-electron chi connectivity index (χ3n) is 10.7. The topological polar surface area (TPSA) is 185 Å². The van der Waals surface area contributed by atoms with Crippen molar-refractivity contribution in [2.24, 2.45) is 5.73 Å². The monoisotopic (exact) mass is 882 g/mol. The number of fused-ring (bicyclic) bond motifs is 2. The smallest absolute Gasteiger partial charge is 0.252 e. The molecule has 0 spiro atoms. The Kier molecular flexibility index (Phi) is 11.1. The molecule has 5 aromatic heterocycles. The fourth-order valence-electron chi connectivity index (χ4n) is 7.39. The minimum atomic E-state index is -0.991. The van der Waals surface area contributed by atoms with Gasteiger partial charge >= 0.3 is 0 Å². The minimum absolute atomic E-state index is 0.116.